The van der Waals surface area contributed by atoms with Gasteiger partial charge in [0.1, 0.15) is 0 Å². The Kier molecular flexibility index (Phi) is 2.69. The Morgan fingerprint density at radius 2 is 1.80 bits per heavy atom. The molecule has 0 atom stereocenters. The van der Waals surface area contributed by atoms with Crippen LogP contribution >= 0.6 is 0 Å². The standard InChI is InChI=1S/C14H13N/c1-11-2-6-13(7-3-11)14-8-4-12(10-15)5-9-14/h2-4,6-8H,5,9H2,1H3. The largest absolute Gasteiger partial charge is 0.193 e. The van der Waals surface area contributed by atoms with Crippen molar-refractivity contribution in [1.29, 1.82) is 5.26 Å². The van der Waals surface area contributed by atoms with E-state index in [2.05, 4.69) is 43.3 Å². The second-order valence-corrected chi connectivity index (χ2v) is 3.86. The second kappa shape index (κ2) is 4.14. The second-order valence-electron chi connectivity index (χ2n) is 3.86. The van der Waals surface area contributed by atoms with Crippen molar-refractivity contribution in [3.63, 3.8) is 0 Å². The van der Waals surface area contributed by atoms with Gasteiger partial charge in [-0.2, -0.15) is 5.26 Å². The minimum atomic E-state index is 0.871. The van der Waals surface area contributed by atoms with Crippen molar-refractivity contribution in [1.82, 2.24) is 0 Å². The first kappa shape index (κ1) is 9.73. The molecule has 0 amide bonds. The number of allylic oxidation sites excluding steroid dienone is 4. The summed E-state index contributed by atoms with van der Waals surface area (Å²) in [4.78, 5) is 0. The number of hydrogen-bond acceptors (Lipinski definition) is 1. The third-order valence-corrected chi connectivity index (χ3v) is 2.72. The summed E-state index contributed by atoms with van der Waals surface area (Å²) < 4.78 is 0. The molecule has 0 N–H and O–H groups in total. The van der Waals surface area contributed by atoms with E-state index in [0.717, 1.165) is 18.4 Å². The smallest absolute Gasteiger partial charge is 0.0947 e. The maximum absolute atomic E-state index is 8.74. The average molecular weight is 195 g/mol. The number of nitriles is 1. The molecule has 0 saturated heterocycles. The molecule has 1 aromatic carbocycles. The van der Waals surface area contributed by atoms with Gasteiger partial charge in [0.15, 0.2) is 0 Å². The molecule has 74 valence electrons. The third kappa shape index (κ3) is 2.16. The van der Waals surface area contributed by atoms with Gasteiger partial charge in [-0.05, 0) is 37.0 Å². The van der Waals surface area contributed by atoms with Crippen molar-refractivity contribution in [3.8, 4) is 6.07 Å². The Bertz CT molecular complexity index is 455. The first-order chi connectivity index (χ1) is 7.29. The highest BCUT2D eigenvalue weighted by atomic mass is 14.2. The van der Waals surface area contributed by atoms with E-state index in [1.807, 2.05) is 6.08 Å². The van der Waals surface area contributed by atoms with Crippen molar-refractivity contribution in [2.45, 2.75) is 19.8 Å². The van der Waals surface area contributed by atoms with Crippen molar-refractivity contribution < 1.29 is 0 Å². The van der Waals surface area contributed by atoms with Gasteiger partial charge in [-0.25, -0.2) is 0 Å². The lowest BCUT2D eigenvalue weighted by Crippen LogP contribution is -1.92. The summed E-state index contributed by atoms with van der Waals surface area (Å²) >= 11 is 0. The molecule has 0 bridgehead atoms. The molecule has 0 radical (unpaired) electrons. The quantitative estimate of drug-likeness (QED) is 0.671. The van der Waals surface area contributed by atoms with E-state index < -0.39 is 0 Å². The Labute approximate surface area is 90.4 Å². The molecular weight excluding hydrogens is 182 g/mol. The van der Waals surface area contributed by atoms with E-state index in [1.165, 1.54) is 16.7 Å². The molecule has 0 aromatic heterocycles. The van der Waals surface area contributed by atoms with Crippen LogP contribution in [-0.2, 0) is 0 Å². The molecule has 1 aromatic rings. The molecule has 1 aliphatic carbocycles. The van der Waals surface area contributed by atoms with Crippen LogP contribution in [0.1, 0.15) is 24.0 Å². The van der Waals surface area contributed by atoms with Gasteiger partial charge >= 0.3 is 0 Å². The highest BCUT2D eigenvalue weighted by Crippen LogP contribution is 2.26. The van der Waals surface area contributed by atoms with Gasteiger partial charge in [-0.3, -0.25) is 0 Å². The fraction of sp³-hybridized carbons (Fsp3) is 0.214. The van der Waals surface area contributed by atoms with E-state index in [-0.39, 0.29) is 0 Å². The molecule has 15 heavy (non-hydrogen) atoms. The first-order valence-corrected chi connectivity index (χ1v) is 5.16. The summed E-state index contributed by atoms with van der Waals surface area (Å²) in [5, 5.41) is 8.74. The fourth-order valence-corrected chi connectivity index (χ4v) is 1.74. The number of nitrogens with zero attached hydrogens (tertiary/aromatic N) is 1. The summed E-state index contributed by atoms with van der Waals surface area (Å²) in [5.74, 6) is 0. The maximum atomic E-state index is 8.74. The van der Waals surface area contributed by atoms with Crippen molar-refractivity contribution in [3.05, 3.63) is 53.1 Å². The van der Waals surface area contributed by atoms with Crippen LogP contribution < -0.4 is 0 Å². The minimum Gasteiger partial charge on any atom is -0.193 e. The van der Waals surface area contributed by atoms with Crippen LogP contribution in [0.25, 0.3) is 5.57 Å². The molecule has 1 heteroatoms. The van der Waals surface area contributed by atoms with Gasteiger partial charge in [-0.15, -0.1) is 0 Å². The number of benzene rings is 1. The van der Waals surface area contributed by atoms with E-state index in [1.54, 1.807) is 0 Å². The van der Waals surface area contributed by atoms with Crippen LogP contribution in [0.3, 0.4) is 0 Å². The van der Waals surface area contributed by atoms with E-state index >= 15 is 0 Å². The zero-order chi connectivity index (χ0) is 10.7. The van der Waals surface area contributed by atoms with Crippen molar-refractivity contribution in [2.75, 3.05) is 0 Å². The van der Waals surface area contributed by atoms with Gasteiger partial charge in [0.05, 0.1) is 6.07 Å². The Morgan fingerprint density at radius 3 is 2.33 bits per heavy atom. The highest BCUT2D eigenvalue weighted by molar-refractivity contribution is 5.69. The SMILES string of the molecule is Cc1ccc(C2=CC=C(C#N)CC2)cc1. The van der Waals surface area contributed by atoms with Crippen LogP contribution in [0.4, 0.5) is 0 Å². The zero-order valence-corrected chi connectivity index (χ0v) is 8.83. The van der Waals surface area contributed by atoms with E-state index in [0.29, 0.717) is 0 Å². The van der Waals surface area contributed by atoms with Crippen molar-refractivity contribution in [2.24, 2.45) is 0 Å². The Balaban J connectivity index is 2.27. The summed E-state index contributed by atoms with van der Waals surface area (Å²) in [5.41, 5.74) is 4.76. The third-order valence-electron chi connectivity index (χ3n) is 2.72. The van der Waals surface area contributed by atoms with Crippen LogP contribution in [0.5, 0.6) is 0 Å². The average Bonchev–Trinajstić information content (AvgIpc) is 2.30. The lowest BCUT2D eigenvalue weighted by atomic mass is 9.93. The molecule has 1 aliphatic rings. The van der Waals surface area contributed by atoms with Gasteiger partial charge < -0.3 is 0 Å². The summed E-state index contributed by atoms with van der Waals surface area (Å²) in [6.07, 6.45) is 5.84. The lowest BCUT2D eigenvalue weighted by Gasteiger charge is -2.11. The van der Waals surface area contributed by atoms with Crippen LogP contribution in [-0.4, -0.2) is 0 Å². The summed E-state index contributed by atoms with van der Waals surface area (Å²) in [7, 11) is 0. The normalized spacial score (nSPS) is 15.2. The van der Waals surface area contributed by atoms with Crippen LogP contribution in [0.2, 0.25) is 0 Å². The lowest BCUT2D eigenvalue weighted by molar-refractivity contribution is 1.01. The van der Waals surface area contributed by atoms with Crippen LogP contribution in [0, 0.1) is 18.3 Å². The molecule has 0 saturated carbocycles. The van der Waals surface area contributed by atoms with Gasteiger partial charge in [0.2, 0.25) is 0 Å². The molecule has 0 spiro atoms. The molecule has 0 unspecified atom stereocenters. The predicted octanol–water partition coefficient (Wildman–Crippen LogP) is 3.62. The predicted molar refractivity (Wildman–Crippen MR) is 62.1 cm³/mol. The maximum Gasteiger partial charge on any atom is 0.0947 e. The topological polar surface area (TPSA) is 23.8 Å². The highest BCUT2D eigenvalue weighted by Gasteiger charge is 2.07. The monoisotopic (exact) mass is 195 g/mol. The molecule has 0 heterocycles. The first-order valence-electron chi connectivity index (χ1n) is 5.16. The summed E-state index contributed by atoms with van der Waals surface area (Å²) in [6.45, 7) is 2.09. The molecule has 0 fully saturated rings. The van der Waals surface area contributed by atoms with Gasteiger partial charge in [-0.1, -0.05) is 35.9 Å². The Morgan fingerprint density at radius 1 is 1.07 bits per heavy atom. The van der Waals surface area contributed by atoms with E-state index in [9.17, 15) is 0 Å². The van der Waals surface area contributed by atoms with Crippen LogP contribution in [0.15, 0.2) is 42.0 Å². The summed E-state index contributed by atoms with van der Waals surface area (Å²) in [6, 6.07) is 10.7. The molecule has 0 aliphatic heterocycles. The van der Waals surface area contributed by atoms with E-state index in [4.69, 9.17) is 5.26 Å². The molecule has 2 rings (SSSR count). The fourth-order valence-electron chi connectivity index (χ4n) is 1.74. The number of rotatable bonds is 1. The van der Waals surface area contributed by atoms with Gasteiger partial charge in [0.25, 0.3) is 0 Å². The minimum absolute atomic E-state index is 0.871. The number of hydrogen-bond donors (Lipinski definition) is 0. The number of aryl methyl sites for hydroxylation is 1. The van der Waals surface area contributed by atoms with Crippen molar-refractivity contribution >= 4 is 5.57 Å². The van der Waals surface area contributed by atoms with Gasteiger partial charge in [0, 0.05) is 5.57 Å². The molecular formula is C14H13N. The Hall–Kier alpha value is -1.81. The molecule has 1 nitrogen and oxygen atoms in total. The zero-order valence-electron chi connectivity index (χ0n) is 8.83.